The van der Waals surface area contributed by atoms with Crippen LogP contribution in [0.4, 0.5) is 0 Å². The second-order valence-corrected chi connectivity index (χ2v) is 6.33. The Morgan fingerprint density at radius 1 is 1.22 bits per heavy atom. The highest BCUT2D eigenvalue weighted by atomic mass is 16.3. The van der Waals surface area contributed by atoms with Crippen LogP contribution >= 0.6 is 0 Å². The number of rotatable bonds is 7. The Labute approximate surface area is 112 Å². The van der Waals surface area contributed by atoms with Crippen molar-refractivity contribution in [2.45, 2.75) is 64.5 Å². The van der Waals surface area contributed by atoms with Gasteiger partial charge in [0.2, 0.25) is 0 Å². The third kappa shape index (κ3) is 3.69. The minimum absolute atomic E-state index is 0.277. The first-order chi connectivity index (χ1) is 8.71. The molecule has 2 N–H and O–H groups in total. The fraction of sp³-hybridized carbons (Fsp3) is 1.00. The lowest BCUT2D eigenvalue weighted by molar-refractivity contribution is 0.0805. The maximum atomic E-state index is 9.44. The number of likely N-dealkylation sites (tertiary alicyclic amines) is 1. The Hall–Kier alpha value is -0.120. The molecule has 0 aromatic heterocycles. The summed E-state index contributed by atoms with van der Waals surface area (Å²) in [7, 11) is 0. The molecule has 3 heteroatoms. The zero-order chi connectivity index (χ0) is 13.0. The van der Waals surface area contributed by atoms with Gasteiger partial charge in [-0.05, 0) is 44.2 Å². The highest BCUT2D eigenvalue weighted by molar-refractivity contribution is 4.88. The molecule has 1 aliphatic carbocycles. The number of hydrogen-bond donors (Lipinski definition) is 2. The molecule has 18 heavy (non-hydrogen) atoms. The number of nitrogens with one attached hydrogen (secondary N) is 1. The molecule has 1 saturated carbocycles. The fourth-order valence-corrected chi connectivity index (χ4v) is 3.23. The lowest BCUT2D eigenvalue weighted by atomic mass is 9.74. The predicted molar refractivity (Wildman–Crippen MR) is 75.7 cm³/mol. The van der Waals surface area contributed by atoms with Gasteiger partial charge in [-0.3, -0.25) is 0 Å². The van der Waals surface area contributed by atoms with Gasteiger partial charge in [-0.25, -0.2) is 0 Å². The number of hydrogen-bond acceptors (Lipinski definition) is 3. The molecule has 0 aromatic rings. The van der Waals surface area contributed by atoms with Gasteiger partial charge in [0.15, 0.2) is 0 Å². The first kappa shape index (κ1) is 14.3. The monoisotopic (exact) mass is 254 g/mol. The van der Waals surface area contributed by atoms with E-state index in [1.54, 1.807) is 0 Å². The molecule has 1 saturated heterocycles. The molecule has 1 unspecified atom stereocenters. The van der Waals surface area contributed by atoms with Gasteiger partial charge >= 0.3 is 0 Å². The summed E-state index contributed by atoms with van der Waals surface area (Å²) in [5.41, 5.74) is 0.606. The Kier molecular flexibility index (Phi) is 5.05. The average molecular weight is 254 g/mol. The Balaban J connectivity index is 1.74. The molecule has 106 valence electrons. The van der Waals surface area contributed by atoms with E-state index in [9.17, 15) is 5.11 Å². The van der Waals surface area contributed by atoms with Crippen LogP contribution in [0.5, 0.6) is 0 Å². The van der Waals surface area contributed by atoms with Crippen LogP contribution in [0.1, 0.15) is 52.4 Å². The maximum Gasteiger partial charge on any atom is 0.0597 e. The Morgan fingerprint density at radius 2 is 1.83 bits per heavy atom. The van der Waals surface area contributed by atoms with Gasteiger partial charge in [-0.15, -0.1) is 0 Å². The van der Waals surface area contributed by atoms with E-state index in [2.05, 4.69) is 24.1 Å². The summed E-state index contributed by atoms with van der Waals surface area (Å²) in [4.78, 5) is 2.54. The molecule has 2 rings (SSSR count). The summed E-state index contributed by atoms with van der Waals surface area (Å²) in [6, 6.07) is 0.977. The standard InChI is InChI=1S/C15H30N2O/c1-3-15(4-2)7-9-17(10-8-15)11-14(12-18)16-13-5-6-13/h13-14,16,18H,3-12H2,1-2H3. The topological polar surface area (TPSA) is 35.5 Å². The van der Waals surface area contributed by atoms with Crippen LogP contribution < -0.4 is 5.32 Å². The first-order valence-corrected chi connectivity index (χ1v) is 7.80. The Morgan fingerprint density at radius 3 is 2.28 bits per heavy atom. The van der Waals surface area contributed by atoms with Crippen LogP contribution in [-0.4, -0.2) is 48.3 Å². The summed E-state index contributed by atoms with van der Waals surface area (Å²) in [5.74, 6) is 0. The SMILES string of the molecule is CCC1(CC)CCN(CC(CO)NC2CC2)CC1. The summed E-state index contributed by atoms with van der Waals surface area (Å²) in [5, 5.41) is 13.0. The predicted octanol–water partition coefficient (Wildman–Crippen LogP) is 2.00. The highest BCUT2D eigenvalue weighted by Crippen LogP contribution is 2.37. The second kappa shape index (κ2) is 6.36. The fourth-order valence-electron chi connectivity index (χ4n) is 3.23. The van der Waals surface area contributed by atoms with Crippen molar-refractivity contribution < 1.29 is 5.11 Å². The summed E-state index contributed by atoms with van der Waals surface area (Å²) in [6.45, 7) is 8.40. The molecular formula is C15H30N2O. The first-order valence-electron chi connectivity index (χ1n) is 7.80. The van der Waals surface area contributed by atoms with E-state index < -0.39 is 0 Å². The van der Waals surface area contributed by atoms with Gasteiger partial charge in [-0.1, -0.05) is 26.7 Å². The van der Waals surface area contributed by atoms with Crippen molar-refractivity contribution in [2.24, 2.45) is 5.41 Å². The molecule has 2 aliphatic rings. The summed E-state index contributed by atoms with van der Waals surface area (Å²) < 4.78 is 0. The minimum Gasteiger partial charge on any atom is -0.395 e. The van der Waals surface area contributed by atoms with Crippen LogP contribution in [0, 0.1) is 5.41 Å². The molecular weight excluding hydrogens is 224 g/mol. The molecule has 1 aliphatic heterocycles. The van der Waals surface area contributed by atoms with E-state index in [1.807, 2.05) is 0 Å². The van der Waals surface area contributed by atoms with Gasteiger partial charge in [0.05, 0.1) is 6.61 Å². The van der Waals surface area contributed by atoms with Gasteiger partial charge in [0.25, 0.3) is 0 Å². The quantitative estimate of drug-likeness (QED) is 0.729. The minimum atomic E-state index is 0.277. The van der Waals surface area contributed by atoms with Crippen molar-refractivity contribution in [1.29, 1.82) is 0 Å². The van der Waals surface area contributed by atoms with Crippen molar-refractivity contribution in [2.75, 3.05) is 26.2 Å². The number of piperidine rings is 1. The van der Waals surface area contributed by atoms with Crippen molar-refractivity contribution in [3.8, 4) is 0 Å². The summed E-state index contributed by atoms with van der Waals surface area (Å²) in [6.07, 6.45) is 7.90. The zero-order valence-corrected chi connectivity index (χ0v) is 12.1. The number of aliphatic hydroxyl groups excluding tert-OH is 1. The van der Waals surface area contributed by atoms with Gasteiger partial charge in [-0.2, -0.15) is 0 Å². The molecule has 1 heterocycles. The van der Waals surface area contributed by atoms with E-state index in [-0.39, 0.29) is 12.6 Å². The molecule has 1 atom stereocenters. The number of nitrogens with zero attached hydrogens (tertiary/aromatic N) is 1. The lowest BCUT2D eigenvalue weighted by Gasteiger charge is -2.42. The van der Waals surface area contributed by atoms with Crippen LogP contribution in [0.25, 0.3) is 0 Å². The van der Waals surface area contributed by atoms with Crippen LogP contribution in [0.2, 0.25) is 0 Å². The van der Waals surface area contributed by atoms with Crippen LogP contribution in [0.3, 0.4) is 0 Å². The van der Waals surface area contributed by atoms with E-state index >= 15 is 0 Å². The van der Waals surface area contributed by atoms with Gasteiger partial charge < -0.3 is 15.3 Å². The molecule has 0 radical (unpaired) electrons. The van der Waals surface area contributed by atoms with Gasteiger partial charge in [0, 0.05) is 18.6 Å². The van der Waals surface area contributed by atoms with Crippen molar-refractivity contribution in [3.05, 3.63) is 0 Å². The molecule has 3 nitrogen and oxygen atoms in total. The molecule has 0 amide bonds. The van der Waals surface area contributed by atoms with Crippen molar-refractivity contribution in [3.63, 3.8) is 0 Å². The highest BCUT2D eigenvalue weighted by Gasteiger charge is 2.32. The number of aliphatic hydroxyl groups is 1. The van der Waals surface area contributed by atoms with E-state index in [1.165, 1.54) is 51.6 Å². The smallest absolute Gasteiger partial charge is 0.0597 e. The van der Waals surface area contributed by atoms with Crippen molar-refractivity contribution in [1.82, 2.24) is 10.2 Å². The third-order valence-corrected chi connectivity index (χ3v) is 5.16. The van der Waals surface area contributed by atoms with E-state index in [0.717, 1.165) is 6.54 Å². The largest absolute Gasteiger partial charge is 0.395 e. The lowest BCUT2D eigenvalue weighted by Crippen LogP contribution is -2.48. The van der Waals surface area contributed by atoms with Gasteiger partial charge in [0.1, 0.15) is 0 Å². The summed E-state index contributed by atoms with van der Waals surface area (Å²) >= 11 is 0. The molecule has 0 spiro atoms. The molecule has 2 fully saturated rings. The molecule has 0 bridgehead atoms. The normalized spacial score (nSPS) is 26.2. The van der Waals surface area contributed by atoms with Crippen LogP contribution in [0.15, 0.2) is 0 Å². The van der Waals surface area contributed by atoms with E-state index in [0.29, 0.717) is 11.5 Å². The average Bonchev–Trinajstić information content (AvgIpc) is 3.23. The Bertz CT molecular complexity index is 239. The van der Waals surface area contributed by atoms with Crippen molar-refractivity contribution >= 4 is 0 Å². The zero-order valence-electron chi connectivity index (χ0n) is 12.1. The van der Waals surface area contributed by atoms with E-state index in [4.69, 9.17) is 0 Å². The maximum absolute atomic E-state index is 9.44. The second-order valence-electron chi connectivity index (χ2n) is 6.33. The molecule has 0 aromatic carbocycles. The third-order valence-electron chi connectivity index (χ3n) is 5.16. The van der Waals surface area contributed by atoms with Crippen LogP contribution in [-0.2, 0) is 0 Å².